The third kappa shape index (κ3) is 9.18. The Bertz CT molecular complexity index is 269. The van der Waals surface area contributed by atoms with Gasteiger partial charge in [-0.3, -0.25) is 0 Å². The van der Waals surface area contributed by atoms with E-state index in [9.17, 15) is 4.79 Å². The minimum atomic E-state index is -2.39. The first-order chi connectivity index (χ1) is 9.53. The summed E-state index contributed by atoms with van der Waals surface area (Å²) in [7, 11) is 2.48. The van der Waals surface area contributed by atoms with Gasteiger partial charge in [0.15, 0.2) is 0 Å². The van der Waals surface area contributed by atoms with Gasteiger partial charge in [-0.15, -0.1) is 0 Å². The Morgan fingerprint density at radius 3 is 2.25 bits per heavy atom. The number of aliphatic carboxylic acids is 1. The molecular formula is C12H24O7Si. The van der Waals surface area contributed by atoms with Crippen molar-refractivity contribution in [3.63, 3.8) is 0 Å². The van der Waals surface area contributed by atoms with Crippen molar-refractivity contribution in [2.45, 2.75) is 18.6 Å². The van der Waals surface area contributed by atoms with Gasteiger partial charge in [0, 0.05) is 40.1 Å². The van der Waals surface area contributed by atoms with Gasteiger partial charge in [0.25, 0.3) is 0 Å². The quantitative estimate of drug-likeness (QED) is 0.278. The molecule has 1 heterocycles. The zero-order chi connectivity index (χ0) is 15.4. The van der Waals surface area contributed by atoms with Crippen molar-refractivity contribution in [3.05, 3.63) is 12.7 Å². The number of hydrogen-bond acceptors (Lipinski definition) is 6. The summed E-state index contributed by atoms with van der Waals surface area (Å²) >= 11 is 0. The third-order valence-electron chi connectivity index (χ3n) is 2.59. The normalized spacial score (nSPS) is 17.1. The number of rotatable bonds is 10. The number of carbonyl (C=O) groups is 1. The Kier molecular flexibility index (Phi) is 10.5. The molecule has 20 heavy (non-hydrogen) atoms. The van der Waals surface area contributed by atoms with Crippen molar-refractivity contribution in [1.29, 1.82) is 0 Å². The van der Waals surface area contributed by atoms with Crippen LogP contribution in [0.25, 0.3) is 0 Å². The van der Waals surface area contributed by atoms with Crippen LogP contribution in [0, 0.1) is 0 Å². The Balaban J connectivity index is 0.000000621. The van der Waals surface area contributed by atoms with Crippen molar-refractivity contribution < 1.29 is 32.7 Å². The van der Waals surface area contributed by atoms with Crippen molar-refractivity contribution >= 4 is 14.8 Å². The number of epoxide rings is 1. The fourth-order valence-corrected chi connectivity index (χ4v) is 3.02. The lowest BCUT2D eigenvalue weighted by Crippen LogP contribution is -2.42. The van der Waals surface area contributed by atoms with Gasteiger partial charge in [-0.05, 0) is 6.42 Å². The highest BCUT2D eigenvalue weighted by molar-refractivity contribution is 6.60. The first kappa shape index (κ1) is 19.2. The number of carboxylic acid groups (broad SMARTS) is 1. The van der Waals surface area contributed by atoms with Crippen LogP contribution in [0.3, 0.4) is 0 Å². The summed E-state index contributed by atoms with van der Waals surface area (Å²) in [5.41, 5.74) is 0. The van der Waals surface area contributed by atoms with Crippen molar-refractivity contribution in [3.8, 4) is 0 Å². The molecule has 0 saturated carbocycles. The summed E-state index contributed by atoms with van der Waals surface area (Å²) in [5, 5.41) is 7.60. The van der Waals surface area contributed by atoms with E-state index in [2.05, 4.69) is 6.58 Å². The largest absolute Gasteiger partial charge is 0.500 e. The topological polar surface area (TPSA) is 86.8 Å². The lowest BCUT2D eigenvalue weighted by molar-refractivity contribution is -0.131. The fraction of sp³-hybridized carbons (Fsp3) is 0.750. The first-order valence-corrected chi connectivity index (χ1v) is 8.17. The fourth-order valence-electron chi connectivity index (χ4n) is 1.33. The van der Waals surface area contributed by atoms with Gasteiger partial charge >= 0.3 is 14.8 Å². The summed E-state index contributed by atoms with van der Waals surface area (Å²) in [6.45, 7) is 5.20. The SMILES string of the molecule is C=CC(=O)O.CO[Si](CCCOCC1CO1)(OC)OC. The van der Waals surface area contributed by atoms with Crippen LogP contribution in [0.5, 0.6) is 0 Å². The van der Waals surface area contributed by atoms with Crippen LogP contribution in [0.1, 0.15) is 6.42 Å². The molecule has 1 unspecified atom stereocenters. The summed E-state index contributed by atoms with van der Waals surface area (Å²) < 4.78 is 26.3. The van der Waals surface area contributed by atoms with E-state index in [1.54, 1.807) is 21.3 Å². The minimum absolute atomic E-state index is 0.333. The molecule has 0 bridgehead atoms. The summed E-state index contributed by atoms with van der Waals surface area (Å²) in [6.07, 6.45) is 2.05. The number of ether oxygens (including phenoxy) is 2. The van der Waals surface area contributed by atoms with Crippen LogP contribution in [-0.2, 0) is 27.5 Å². The molecule has 0 amide bonds. The van der Waals surface area contributed by atoms with E-state index in [4.69, 9.17) is 27.9 Å². The van der Waals surface area contributed by atoms with Crippen LogP contribution < -0.4 is 0 Å². The van der Waals surface area contributed by atoms with Gasteiger partial charge < -0.3 is 27.9 Å². The lowest BCUT2D eigenvalue weighted by atomic mass is 10.5. The molecular weight excluding hydrogens is 284 g/mol. The van der Waals surface area contributed by atoms with Crippen LogP contribution in [0.2, 0.25) is 6.04 Å². The van der Waals surface area contributed by atoms with E-state index in [1.807, 2.05) is 0 Å². The maximum absolute atomic E-state index is 9.25. The molecule has 1 N–H and O–H groups in total. The summed E-state index contributed by atoms with van der Waals surface area (Å²) in [6, 6.07) is 0.780. The minimum Gasteiger partial charge on any atom is -0.478 e. The lowest BCUT2D eigenvalue weighted by Gasteiger charge is -2.24. The molecule has 0 spiro atoms. The Morgan fingerprint density at radius 1 is 1.40 bits per heavy atom. The number of hydrogen-bond donors (Lipinski definition) is 1. The molecule has 1 saturated heterocycles. The highest BCUT2D eigenvalue weighted by Crippen LogP contribution is 2.15. The van der Waals surface area contributed by atoms with Gasteiger partial charge in [-0.25, -0.2) is 4.79 Å². The molecule has 1 atom stereocenters. The molecule has 7 nitrogen and oxygen atoms in total. The average Bonchev–Trinajstić information content (AvgIpc) is 3.28. The summed E-state index contributed by atoms with van der Waals surface area (Å²) in [4.78, 5) is 9.25. The van der Waals surface area contributed by atoms with E-state index in [0.717, 1.165) is 25.1 Å². The van der Waals surface area contributed by atoms with E-state index in [1.165, 1.54) is 0 Å². The van der Waals surface area contributed by atoms with Gasteiger partial charge in [-0.2, -0.15) is 0 Å². The van der Waals surface area contributed by atoms with Crippen molar-refractivity contribution in [2.24, 2.45) is 0 Å². The highest BCUT2D eigenvalue weighted by atomic mass is 28.4. The maximum atomic E-state index is 9.25. The zero-order valence-corrected chi connectivity index (χ0v) is 13.3. The Hall–Kier alpha value is -0.773. The smallest absolute Gasteiger partial charge is 0.478 e. The predicted molar refractivity (Wildman–Crippen MR) is 74.6 cm³/mol. The van der Waals surface area contributed by atoms with E-state index in [-0.39, 0.29) is 0 Å². The highest BCUT2D eigenvalue weighted by Gasteiger charge is 2.36. The van der Waals surface area contributed by atoms with E-state index in [0.29, 0.717) is 19.3 Å². The molecule has 0 aromatic heterocycles. The molecule has 1 aliphatic heterocycles. The van der Waals surface area contributed by atoms with Crippen LogP contribution >= 0.6 is 0 Å². The van der Waals surface area contributed by atoms with Gasteiger partial charge in [0.1, 0.15) is 6.10 Å². The van der Waals surface area contributed by atoms with E-state index >= 15 is 0 Å². The predicted octanol–water partition coefficient (Wildman–Crippen LogP) is 0.927. The van der Waals surface area contributed by atoms with Gasteiger partial charge in [-0.1, -0.05) is 6.58 Å². The van der Waals surface area contributed by atoms with Gasteiger partial charge in [0.05, 0.1) is 13.2 Å². The molecule has 0 radical (unpaired) electrons. The monoisotopic (exact) mass is 308 g/mol. The second kappa shape index (κ2) is 10.9. The van der Waals surface area contributed by atoms with Crippen molar-refractivity contribution in [1.82, 2.24) is 0 Å². The average molecular weight is 308 g/mol. The van der Waals surface area contributed by atoms with E-state index < -0.39 is 14.8 Å². The van der Waals surface area contributed by atoms with Crippen LogP contribution in [-0.4, -0.2) is 67.1 Å². The second-order valence-electron chi connectivity index (χ2n) is 3.97. The number of carboxylic acids is 1. The maximum Gasteiger partial charge on any atom is 0.500 e. The zero-order valence-electron chi connectivity index (χ0n) is 12.3. The Labute approximate surface area is 120 Å². The summed E-state index contributed by atoms with van der Waals surface area (Å²) in [5.74, 6) is -0.981. The molecule has 0 aromatic carbocycles. The molecule has 8 heteroatoms. The van der Waals surface area contributed by atoms with Crippen molar-refractivity contribution in [2.75, 3.05) is 41.2 Å². The van der Waals surface area contributed by atoms with Gasteiger partial charge in [0.2, 0.25) is 0 Å². The molecule has 118 valence electrons. The van der Waals surface area contributed by atoms with Crippen LogP contribution in [0.4, 0.5) is 0 Å². The second-order valence-corrected chi connectivity index (χ2v) is 7.06. The Morgan fingerprint density at radius 2 is 1.90 bits per heavy atom. The van der Waals surface area contributed by atoms with Crippen LogP contribution in [0.15, 0.2) is 12.7 Å². The molecule has 1 aliphatic rings. The standard InChI is InChI=1S/C9H20O5Si.C3H4O2/c1-10-15(11-2,12-3)6-4-5-13-7-9-8-14-9;1-2-3(4)5/h9H,4-8H2,1-3H3;2H,1H2,(H,4,5). The first-order valence-electron chi connectivity index (χ1n) is 6.23. The third-order valence-corrected chi connectivity index (χ3v) is 5.42. The molecule has 0 aliphatic carbocycles. The molecule has 1 rings (SSSR count). The molecule has 1 fully saturated rings. The molecule has 0 aromatic rings.